The summed E-state index contributed by atoms with van der Waals surface area (Å²) < 4.78 is 1.75. The Balaban J connectivity index is 1.90. The molecular weight excluding hydrogens is 338 g/mol. The van der Waals surface area contributed by atoms with Crippen LogP contribution in [0.3, 0.4) is 0 Å². The Morgan fingerprint density at radius 3 is 2.48 bits per heavy atom. The van der Waals surface area contributed by atoms with E-state index in [2.05, 4.69) is 21.5 Å². The minimum atomic E-state index is -1.10. The van der Waals surface area contributed by atoms with Crippen molar-refractivity contribution in [1.29, 1.82) is 5.26 Å². The summed E-state index contributed by atoms with van der Waals surface area (Å²) in [6.07, 6.45) is 1.83. The van der Waals surface area contributed by atoms with Crippen LogP contribution >= 0.6 is 0 Å². The predicted molar refractivity (Wildman–Crippen MR) is 104 cm³/mol. The Kier molecular flexibility index (Phi) is 4.71. The summed E-state index contributed by atoms with van der Waals surface area (Å²) in [5.74, 6) is -0.279. The van der Waals surface area contributed by atoms with Crippen LogP contribution in [0, 0.1) is 39.0 Å². The molecule has 0 spiro atoms. The van der Waals surface area contributed by atoms with Crippen LogP contribution in [-0.4, -0.2) is 26.2 Å². The van der Waals surface area contributed by atoms with Gasteiger partial charge < -0.3 is 5.32 Å². The number of hydrogen-bond donors (Lipinski definition) is 1. The lowest BCUT2D eigenvalue weighted by molar-refractivity contribution is 0.0917. The van der Waals surface area contributed by atoms with E-state index in [0.29, 0.717) is 5.56 Å². The van der Waals surface area contributed by atoms with Crippen molar-refractivity contribution in [3.63, 3.8) is 0 Å². The van der Waals surface area contributed by atoms with E-state index in [4.69, 9.17) is 0 Å². The van der Waals surface area contributed by atoms with E-state index in [9.17, 15) is 10.1 Å². The number of benzene rings is 1. The first-order chi connectivity index (χ1) is 12.7. The molecule has 1 unspecified atom stereocenters. The van der Waals surface area contributed by atoms with Crippen molar-refractivity contribution in [3.05, 3.63) is 58.4 Å². The highest BCUT2D eigenvalue weighted by Gasteiger charge is 2.29. The number of carbonyl (C=O) groups excluding carboxylic acids is 1. The quantitative estimate of drug-likeness (QED) is 0.772. The van der Waals surface area contributed by atoms with Crippen molar-refractivity contribution in [3.8, 4) is 6.07 Å². The van der Waals surface area contributed by atoms with Gasteiger partial charge in [0.15, 0.2) is 0 Å². The summed E-state index contributed by atoms with van der Waals surface area (Å²) in [6.45, 7) is 9.84. The van der Waals surface area contributed by atoms with Gasteiger partial charge in [0, 0.05) is 11.8 Å². The van der Waals surface area contributed by atoms with Crippen molar-refractivity contribution in [2.45, 2.75) is 46.7 Å². The summed E-state index contributed by atoms with van der Waals surface area (Å²) >= 11 is 0. The van der Waals surface area contributed by atoms with E-state index in [1.54, 1.807) is 23.7 Å². The number of fused-ring (bicyclic) bond motifs is 1. The van der Waals surface area contributed by atoms with Crippen LogP contribution in [0.2, 0.25) is 0 Å². The molecule has 0 fully saturated rings. The van der Waals surface area contributed by atoms with Gasteiger partial charge in [-0.05, 0) is 57.9 Å². The molecule has 0 bridgehead atoms. The van der Waals surface area contributed by atoms with Crippen LogP contribution in [0.15, 0.2) is 30.5 Å². The maximum atomic E-state index is 12.6. The summed E-state index contributed by atoms with van der Waals surface area (Å²) in [5, 5.41) is 17.2. The number of aromatic nitrogens is 3. The van der Waals surface area contributed by atoms with Gasteiger partial charge in [-0.3, -0.25) is 14.5 Å². The lowest BCUT2D eigenvalue weighted by Gasteiger charge is -2.24. The number of carbonyl (C=O) groups is 1. The van der Waals surface area contributed by atoms with Crippen LogP contribution in [0.5, 0.6) is 0 Å². The number of pyridine rings is 1. The molecule has 1 N–H and O–H groups in total. The molecule has 0 saturated heterocycles. The fourth-order valence-electron chi connectivity index (χ4n) is 2.97. The van der Waals surface area contributed by atoms with E-state index < -0.39 is 5.54 Å². The van der Waals surface area contributed by atoms with Gasteiger partial charge in [-0.2, -0.15) is 10.4 Å². The van der Waals surface area contributed by atoms with Crippen LogP contribution in [0.25, 0.3) is 11.0 Å². The third kappa shape index (κ3) is 3.54. The molecule has 0 aliphatic rings. The highest BCUT2D eigenvalue weighted by molar-refractivity contribution is 5.95. The zero-order valence-electron chi connectivity index (χ0n) is 16.3. The molecule has 0 aliphatic heterocycles. The second kappa shape index (κ2) is 6.84. The van der Waals surface area contributed by atoms with Crippen LogP contribution < -0.4 is 5.32 Å². The van der Waals surface area contributed by atoms with E-state index in [1.165, 1.54) is 0 Å². The first-order valence-electron chi connectivity index (χ1n) is 8.84. The Bertz CT molecular complexity index is 1060. The largest absolute Gasteiger partial charge is 0.332 e. The summed E-state index contributed by atoms with van der Waals surface area (Å²) in [4.78, 5) is 17.1. The van der Waals surface area contributed by atoms with E-state index in [1.807, 2.05) is 46.0 Å². The Morgan fingerprint density at radius 1 is 1.19 bits per heavy atom. The first kappa shape index (κ1) is 18.6. The molecule has 2 aromatic heterocycles. The zero-order valence-corrected chi connectivity index (χ0v) is 16.3. The average molecular weight is 361 g/mol. The normalized spacial score (nSPS) is 13.2. The minimum Gasteiger partial charge on any atom is -0.332 e. The SMILES string of the molecule is Cc1ccc(C(=O)NC(C)(C#N)Cn2nc3c(C)c(C)cnc3c2C)cc1. The number of nitriles is 1. The van der Waals surface area contributed by atoms with Crippen molar-refractivity contribution >= 4 is 16.9 Å². The third-order valence-electron chi connectivity index (χ3n) is 4.92. The molecular formula is C21H23N5O. The number of nitrogens with one attached hydrogen (secondary N) is 1. The Hall–Kier alpha value is -3.20. The van der Waals surface area contributed by atoms with Crippen molar-refractivity contribution in [2.75, 3.05) is 0 Å². The van der Waals surface area contributed by atoms with Gasteiger partial charge in [0.2, 0.25) is 0 Å². The number of rotatable bonds is 4. The van der Waals surface area contributed by atoms with Gasteiger partial charge in [-0.15, -0.1) is 0 Å². The van der Waals surface area contributed by atoms with Gasteiger partial charge in [0.05, 0.1) is 18.3 Å². The fraction of sp³-hybridized carbons (Fsp3) is 0.333. The van der Waals surface area contributed by atoms with Gasteiger partial charge in [-0.25, -0.2) is 0 Å². The van der Waals surface area contributed by atoms with Crippen molar-refractivity contribution in [1.82, 2.24) is 20.1 Å². The monoisotopic (exact) mass is 361 g/mol. The van der Waals surface area contributed by atoms with Crippen LogP contribution in [0.4, 0.5) is 0 Å². The molecule has 0 radical (unpaired) electrons. The molecule has 1 atom stereocenters. The van der Waals surface area contributed by atoms with Gasteiger partial charge in [-0.1, -0.05) is 17.7 Å². The molecule has 138 valence electrons. The predicted octanol–water partition coefficient (Wildman–Crippen LogP) is 3.38. The second-order valence-electron chi connectivity index (χ2n) is 7.27. The molecule has 3 aromatic rings. The topological polar surface area (TPSA) is 83.6 Å². The van der Waals surface area contributed by atoms with Crippen LogP contribution in [-0.2, 0) is 6.54 Å². The Morgan fingerprint density at radius 2 is 1.85 bits per heavy atom. The summed E-state index contributed by atoms with van der Waals surface area (Å²) in [6, 6.07) is 9.48. The van der Waals surface area contributed by atoms with E-state index in [0.717, 1.165) is 33.4 Å². The molecule has 1 aromatic carbocycles. The highest BCUT2D eigenvalue weighted by Crippen LogP contribution is 2.22. The summed E-state index contributed by atoms with van der Waals surface area (Å²) in [7, 11) is 0. The Labute approximate surface area is 158 Å². The lowest BCUT2D eigenvalue weighted by atomic mass is 10.0. The standard InChI is InChI=1S/C21H23N5O/c1-13-6-8-17(9-7-13)20(27)24-21(5,11-22)12-26-16(4)19-18(25-26)15(3)14(2)10-23-19/h6-10H,12H2,1-5H3,(H,24,27). The number of nitrogens with zero attached hydrogens (tertiary/aromatic N) is 4. The molecule has 6 heteroatoms. The third-order valence-corrected chi connectivity index (χ3v) is 4.92. The molecule has 1 amide bonds. The maximum absolute atomic E-state index is 12.6. The molecule has 0 aliphatic carbocycles. The molecule has 27 heavy (non-hydrogen) atoms. The van der Waals surface area contributed by atoms with Crippen LogP contribution in [0.1, 0.15) is 39.7 Å². The van der Waals surface area contributed by atoms with Crippen molar-refractivity contribution < 1.29 is 4.79 Å². The fourth-order valence-corrected chi connectivity index (χ4v) is 2.97. The van der Waals surface area contributed by atoms with E-state index >= 15 is 0 Å². The number of hydrogen-bond acceptors (Lipinski definition) is 4. The van der Waals surface area contributed by atoms with Gasteiger partial charge in [0.1, 0.15) is 16.6 Å². The second-order valence-corrected chi connectivity index (χ2v) is 7.27. The molecule has 6 nitrogen and oxygen atoms in total. The number of amides is 1. The van der Waals surface area contributed by atoms with Gasteiger partial charge in [0.25, 0.3) is 5.91 Å². The van der Waals surface area contributed by atoms with E-state index in [-0.39, 0.29) is 12.5 Å². The zero-order chi connectivity index (χ0) is 19.8. The highest BCUT2D eigenvalue weighted by atomic mass is 16.1. The minimum absolute atomic E-state index is 0.238. The average Bonchev–Trinajstić information content (AvgIpc) is 2.95. The van der Waals surface area contributed by atoms with Crippen molar-refractivity contribution in [2.24, 2.45) is 0 Å². The molecule has 0 saturated carbocycles. The maximum Gasteiger partial charge on any atom is 0.252 e. The number of aryl methyl sites for hydroxylation is 4. The summed E-state index contributed by atoms with van der Waals surface area (Å²) in [5.41, 5.74) is 5.17. The molecule has 2 heterocycles. The van der Waals surface area contributed by atoms with Gasteiger partial charge >= 0.3 is 0 Å². The first-order valence-corrected chi connectivity index (χ1v) is 8.84. The smallest absolute Gasteiger partial charge is 0.252 e. The lowest BCUT2D eigenvalue weighted by Crippen LogP contribution is -2.48. The molecule has 3 rings (SSSR count).